The van der Waals surface area contributed by atoms with Gasteiger partial charge in [0.25, 0.3) is 0 Å². The first-order valence-electron chi connectivity index (χ1n) is 10.2. The Morgan fingerprint density at radius 1 is 0.964 bits per heavy atom. The summed E-state index contributed by atoms with van der Waals surface area (Å²) in [5, 5.41) is 11.1. The fraction of sp³-hybridized carbons (Fsp3) is 0.542. The number of pyridine rings is 1. The van der Waals surface area contributed by atoms with E-state index in [2.05, 4.69) is 64.6 Å². The molecule has 1 aliphatic heterocycles. The van der Waals surface area contributed by atoms with Crippen LogP contribution in [0.25, 0.3) is 0 Å². The standard InChI is InChI=1S/C24H34N2O2/c1-23(2,3)18-15-17(16-19(22(18)27)24(4,5)6)21(20-9-7-8-10-25-20)26-11-13-28-14-12-26/h7-10,15-16,21,27H,11-14H2,1-6H3/t21-/m0/s1. The van der Waals surface area contributed by atoms with Gasteiger partial charge in [0.15, 0.2) is 0 Å². The predicted octanol–water partition coefficient (Wildman–Crippen LogP) is 4.80. The van der Waals surface area contributed by atoms with Crippen LogP contribution < -0.4 is 0 Å². The number of hydrogen-bond acceptors (Lipinski definition) is 4. The molecule has 0 unspecified atom stereocenters. The van der Waals surface area contributed by atoms with E-state index >= 15 is 0 Å². The van der Waals surface area contributed by atoms with Crippen molar-refractivity contribution in [2.45, 2.75) is 58.4 Å². The van der Waals surface area contributed by atoms with Gasteiger partial charge in [-0.2, -0.15) is 0 Å². The van der Waals surface area contributed by atoms with Gasteiger partial charge in [-0.05, 0) is 51.8 Å². The number of aromatic hydroxyl groups is 1. The van der Waals surface area contributed by atoms with E-state index in [0.717, 1.165) is 43.1 Å². The third kappa shape index (κ3) is 4.39. The van der Waals surface area contributed by atoms with Crippen LogP contribution in [0.4, 0.5) is 0 Å². The van der Waals surface area contributed by atoms with E-state index in [9.17, 15) is 5.11 Å². The molecule has 28 heavy (non-hydrogen) atoms. The molecule has 1 N–H and O–H groups in total. The van der Waals surface area contributed by atoms with Crippen molar-refractivity contribution in [1.82, 2.24) is 9.88 Å². The lowest BCUT2D eigenvalue weighted by Crippen LogP contribution is -2.40. The van der Waals surface area contributed by atoms with Crippen LogP contribution >= 0.6 is 0 Å². The molecule has 1 saturated heterocycles. The van der Waals surface area contributed by atoms with Crippen molar-refractivity contribution in [2.24, 2.45) is 0 Å². The van der Waals surface area contributed by atoms with Crippen molar-refractivity contribution >= 4 is 0 Å². The first-order chi connectivity index (χ1) is 13.1. The number of phenolic OH excluding ortho intramolecular Hbond substituents is 1. The van der Waals surface area contributed by atoms with Crippen LogP contribution in [-0.4, -0.2) is 41.3 Å². The van der Waals surface area contributed by atoms with E-state index in [1.807, 2.05) is 18.3 Å². The molecule has 2 heterocycles. The second kappa shape index (κ2) is 7.84. The Bertz CT molecular complexity index is 763. The Morgan fingerprint density at radius 2 is 1.54 bits per heavy atom. The second-order valence-corrected chi connectivity index (χ2v) is 9.77. The molecule has 0 bridgehead atoms. The van der Waals surface area contributed by atoms with Crippen molar-refractivity contribution in [3.8, 4) is 5.75 Å². The fourth-order valence-electron chi connectivity index (χ4n) is 3.90. The van der Waals surface area contributed by atoms with Gasteiger partial charge < -0.3 is 9.84 Å². The summed E-state index contributed by atoms with van der Waals surface area (Å²) in [6.07, 6.45) is 1.86. The van der Waals surface area contributed by atoms with Crippen LogP contribution in [-0.2, 0) is 15.6 Å². The quantitative estimate of drug-likeness (QED) is 0.828. The highest BCUT2D eigenvalue weighted by Gasteiger charge is 2.31. The fourth-order valence-corrected chi connectivity index (χ4v) is 3.90. The molecule has 152 valence electrons. The molecule has 0 spiro atoms. The molecule has 4 nitrogen and oxygen atoms in total. The van der Waals surface area contributed by atoms with Crippen molar-refractivity contribution < 1.29 is 9.84 Å². The van der Waals surface area contributed by atoms with Crippen LogP contribution in [0.15, 0.2) is 36.5 Å². The minimum absolute atomic E-state index is 0.0490. The minimum Gasteiger partial charge on any atom is -0.507 e. The molecule has 0 amide bonds. The Hall–Kier alpha value is -1.91. The molecule has 1 aliphatic rings. The van der Waals surface area contributed by atoms with Crippen LogP contribution in [0.1, 0.15) is 70.0 Å². The molecule has 1 atom stereocenters. The number of morpholine rings is 1. The van der Waals surface area contributed by atoms with E-state index in [1.54, 1.807) is 0 Å². The van der Waals surface area contributed by atoms with Gasteiger partial charge in [0.2, 0.25) is 0 Å². The zero-order valence-electron chi connectivity index (χ0n) is 18.1. The zero-order chi connectivity index (χ0) is 20.5. The van der Waals surface area contributed by atoms with E-state index in [0.29, 0.717) is 5.75 Å². The molecule has 0 saturated carbocycles. The topological polar surface area (TPSA) is 45.6 Å². The highest BCUT2D eigenvalue weighted by molar-refractivity contribution is 5.51. The molecule has 1 fully saturated rings. The Morgan fingerprint density at radius 3 is 2.00 bits per heavy atom. The smallest absolute Gasteiger partial charge is 0.123 e. The Labute approximate surface area is 169 Å². The number of rotatable bonds is 3. The summed E-state index contributed by atoms with van der Waals surface area (Å²) in [6, 6.07) is 10.5. The average molecular weight is 383 g/mol. The number of phenols is 1. The van der Waals surface area contributed by atoms with Gasteiger partial charge in [-0.1, -0.05) is 47.6 Å². The van der Waals surface area contributed by atoms with Gasteiger partial charge in [-0.15, -0.1) is 0 Å². The summed E-state index contributed by atoms with van der Waals surface area (Å²) < 4.78 is 5.59. The van der Waals surface area contributed by atoms with Gasteiger partial charge >= 0.3 is 0 Å². The number of benzene rings is 1. The van der Waals surface area contributed by atoms with Gasteiger partial charge in [0.05, 0.1) is 24.9 Å². The lowest BCUT2D eigenvalue weighted by Gasteiger charge is -2.36. The van der Waals surface area contributed by atoms with Crippen molar-refractivity contribution in [2.75, 3.05) is 26.3 Å². The predicted molar refractivity (Wildman–Crippen MR) is 114 cm³/mol. The number of ether oxygens (including phenoxy) is 1. The number of nitrogens with zero attached hydrogens (tertiary/aromatic N) is 2. The van der Waals surface area contributed by atoms with Gasteiger partial charge in [0, 0.05) is 19.3 Å². The zero-order valence-corrected chi connectivity index (χ0v) is 18.1. The summed E-state index contributed by atoms with van der Waals surface area (Å²) >= 11 is 0. The summed E-state index contributed by atoms with van der Waals surface area (Å²) in [5.41, 5.74) is 3.90. The lowest BCUT2D eigenvalue weighted by molar-refractivity contribution is 0.0232. The molecule has 0 aliphatic carbocycles. The van der Waals surface area contributed by atoms with Crippen molar-refractivity contribution in [3.05, 3.63) is 58.9 Å². The van der Waals surface area contributed by atoms with Crippen LogP contribution in [0.3, 0.4) is 0 Å². The van der Waals surface area contributed by atoms with E-state index < -0.39 is 0 Å². The first-order valence-corrected chi connectivity index (χ1v) is 10.2. The SMILES string of the molecule is CC(C)(C)c1cc([C@@H](c2ccccn2)N2CCOCC2)cc(C(C)(C)C)c1O. The van der Waals surface area contributed by atoms with Gasteiger partial charge in [-0.3, -0.25) is 9.88 Å². The molecule has 2 aromatic rings. The van der Waals surface area contributed by atoms with Crippen LogP contribution in [0, 0.1) is 0 Å². The monoisotopic (exact) mass is 382 g/mol. The molecule has 1 aromatic heterocycles. The Kier molecular flexibility index (Phi) is 5.83. The maximum absolute atomic E-state index is 11.1. The highest BCUT2D eigenvalue weighted by atomic mass is 16.5. The summed E-state index contributed by atoms with van der Waals surface area (Å²) in [7, 11) is 0. The minimum atomic E-state index is -0.153. The maximum Gasteiger partial charge on any atom is 0.123 e. The normalized spacial score (nSPS) is 17.5. The number of hydrogen-bond donors (Lipinski definition) is 1. The highest BCUT2D eigenvalue weighted by Crippen LogP contribution is 2.42. The summed E-state index contributed by atoms with van der Waals surface area (Å²) in [6.45, 7) is 16.2. The van der Waals surface area contributed by atoms with Gasteiger partial charge in [-0.25, -0.2) is 0 Å². The molecule has 4 heteroatoms. The van der Waals surface area contributed by atoms with Gasteiger partial charge in [0.1, 0.15) is 5.75 Å². The molecule has 3 rings (SSSR count). The summed E-state index contributed by atoms with van der Waals surface area (Å²) in [5.74, 6) is 0.422. The van der Waals surface area contributed by atoms with E-state index in [1.165, 1.54) is 5.56 Å². The van der Waals surface area contributed by atoms with Crippen LogP contribution in [0.5, 0.6) is 5.75 Å². The largest absolute Gasteiger partial charge is 0.507 e. The first kappa shape index (κ1) is 20.8. The van der Waals surface area contributed by atoms with Crippen molar-refractivity contribution in [1.29, 1.82) is 0 Å². The maximum atomic E-state index is 11.1. The van der Waals surface area contributed by atoms with E-state index in [-0.39, 0.29) is 16.9 Å². The van der Waals surface area contributed by atoms with E-state index in [4.69, 9.17) is 9.72 Å². The molecular formula is C24H34N2O2. The third-order valence-electron chi connectivity index (χ3n) is 5.44. The molecule has 0 radical (unpaired) electrons. The lowest BCUT2D eigenvalue weighted by atomic mass is 9.77. The number of aromatic nitrogens is 1. The average Bonchev–Trinajstić information content (AvgIpc) is 2.63. The molecule has 1 aromatic carbocycles. The second-order valence-electron chi connectivity index (χ2n) is 9.77. The Balaban J connectivity index is 2.21. The molecular weight excluding hydrogens is 348 g/mol. The van der Waals surface area contributed by atoms with Crippen LogP contribution in [0.2, 0.25) is 0 Å². The van der Waals surface area contributed by atoms with Crippen molar-refractivity contribution in [3.63, 3.8) is 0 Å². The summed E-state index contributed by atoms with van der Waals surface area (Å²) in [4.78, 5) is 7.13. The third-order valence-corrected chi connectivity index (χ3v) is 5.44.